The van der Waals surface area contributed by atoms with Crippen molar-refractivity contribution in [2.45, 2.75) is 31.8 Å². The van der Waals surface area contributed by atoms with E-state index in [0.29, 0.717) is 12.3 Å². The maximum atomic E-state index is 10.3. The first-order chi connectivity index (χ1) is 6.30. The SMILES string of the molecule is CO[C@@H]1CC(CC=O)C[C@@H](OC)O1. The van der Waals surface area contributed by atoms with Crippen LogP contribution in [0.3, 0.4) is 0 Å². The molecule has 1 aliphatic rings. The summed E-state index contributed by atoms with van der Waals surface area (Å²) in [5, 5.41) is 0. The summed E-state index contributed by atoms with van der Waals surface area (Å²) in [6.07, 6.45) is 2.58. The standard InChI is InChI=1S/C9H16O4/c1-11-8-5-7(3-4-10)6-9(12-2)13-8/h4,7-9H,3,5-6H2,1-2H3/t8-,9-/m0/s1. The van der Waals surface area contributed by atoms with E-state index < -0.39 is 0 Å². The van der Waals surface area contributed by atoms with E-state index in [1.807, 2.05) is 0 Å². The zero-order valence-electron chi connectivity index (χ0n) is 8.06. The second-order valence-electron chi connectivity index (χ2n) is 3.21. The molecule has 0 N–H and O–H groups in total. The van der Waals surface area contributed by atoms with Crippen molar-refractivity contribution in [2.24, 2.45) is 5.92 Å². The highest BCUT2D eigenvalue weighted by molar-refractivity contribution is 5.49. The van der Waals surface area contributed by atoms with Gasteiger partial charge in [0.25, 0.3) is 0 Å². The highest BCUT2D eigenvalue weighted by atomic mass is 16.8. The van der Waals surface area contributed by atoms with E-state index in [2.05, 4.69) is 0 Å². The quantitative estimate of drug-likeness (QED) is 0.616. The molecule has 0 radical (unpaired) electrons. The Morgan fingerprint density at radius 3 is 2.23 bits per heavy atom. The average molecular weight is 188 g/mol. The van der Waals surface area contributed by atoms with Crippen molar-refractivity contribution in [1.29, 1.82) is 0 Å². The first-order valence-electron chi connectivity index (χ1n) is 4.44. The average Bonchev–Trinajstić information content (AvgIpc) is 2.17. The van der Waals surface area contributed by atoms with Crippen molar-refractivity contribution in [3.8, 4) is 0 Å². The van der Waals surface area contributed by atoms with E-state index in [4.69, 9.17) is 14.2 Å². The molecule has 4 nitrogen and oxygen atoms in total. The Morgan fingerprint density at radius 1 is 1.31 bits per heavy atom. The maximum absolute atomic E-state index is 10.3. The molecule has 0 spiro atoms. The molecule has 13 heavy (non-hydrogen) atoms. The smallest absolute Gasteiger partial charge is 0.160 e. The molecule has 0 aromatic heterocycles. The summed E-state index contributed by atoms with van der Waals surface area (Å²) in [7, 11) is 3.20. The van der Waals surface area contributed by atoms with Crippen LogP contribution in [0.5, 0.6) is 0 Å². The number of hydrogen-bond donors (Lipinski definition) is 0. The Labute approximate surface area is 78.2 Å². The number of carbonyl (C=O) groups is 1. The molecule has 0 aromatic rings. The van der Waals surface area contributed by atoms with E-state index in [9.17, 15) is 4.79 Å². The summed E-state index contributed by atoms with van der Waals surface area (Å²) in [6.45, 7) is 0. The summed E-state index contributed by atoms with van der Waals surface area (Å²) in [6, 6.07) is 0. The summed E-state index contributed by atoms with van der Waals surface area (Å²) in [5.41, 5.74) is 0. The second kappa shape index (κ2) is 5.32. The molecule has 2 atom stereocenters. The van der Waals surface area contributed by atoms with Crippen LogP contribution in [0.25, 0.3) is 0 Å². The molecule has 1 heterocycles. The normalized spacial score (nSPS) is 34.5. The van der Waals surface area contributed by atoms with Gasteiger partial charge in [-0.3, -0.25) is 0 Å². The Morgan fingerprint density at radius 2 is 1.85 bits per heavy atom. The van der Waals surface area contributed by atoms with Gasteiger partial charge < -0.3 is 19.0 Å². The van der Waals surface area contributed by atoms with Gasteiger partial charge in [0.2, 0.25) is 0 Å². The molecule has 1 fully saturated rings. The van der Waals surface area contributed by atoms with Gasteiger partial charge in [0.1, 0.15) is 6.29 Å². The van der Waals surface area contributed by atoms with Crippen LogP contribution in [-0.2, 0) is 19.0 Å². The van der Waals surface area contributed by atoms with Crippen molar-refractivity contribution < 1.29 is 19.0 Å². The zero-order valence-corrected chi connectivity index (χ0v) is 8.06. The molecule has 0 aromatic carbocycles. The Balaban J connectivity index is 2.43. The largest absolute Gasteiger partial charge is 0.356 e. The molecule has 0 aliphatic carbocycles. The lowest BCUT2D eigenvalue weighted by Crippen LogP contribution is -2.35. The fourth-order valence-electron chi connectivity index (χ4n) is 1.55. The number of carbonyl (C=O) groups excluding carboxylic acids is 1. The van der Waals surface area contributed by atoms with Crippen molar-refractivity contribution in [3.63, 3.8) is 0 Å². The monoisotopic (exact) mass is 188 g/mol. The molecular formula is C9H16O4. The number of ether oxygens (including phenoxy) is 3. The van der Waals surface area contributed by atoms with E-state index in [0.717, 1.165) is 19.1 Å². The third-order valence-electron chi connectivity index (χ3n) is 2.31. The van der Waals surface area contributed by atoms with Gasteiger partial charge in [0.05, 0.1) is 0 Å². The molecule has 0 bridgehead atoms. The number of methoxy groups -OCH3 is 2. The van der Waals surface area contributed by atoms with Crippen LogP contribution < -0.4 is 0 Å². The number of hydrogen-bond acceptors (Lipinski definition) is 4. The van der Waals surface area contributed by atoms with Crippen LogP contribution in [0.1, 0.15) is 19.3 Å². The van der Waals surface area contributed by atoms with Gasteiger partial charge in [0, 0.05) is 33.5 Å². The van der Waals surface area contributed by atoms with E-state index in [1.54, 1.807) is 14.2 Å². The van der Waals surface area contributed by atoms with Crippen LogP contribution in [-0.4, -0.2) is 33.1 Å². The molecule has 4 heteroatoms. The third kappa shape index (κ3) is 3.06. The van der Waals surface area contributed by atoms with Gasteiger partial charge >= 0.3 is 0 Å². The highest BCUT2D eigenvalue weighted by Crippen LogP contribution is 2.27. The summed E-state index contributed by atoms with van der Waals surface area (Å²) in [4.78, 5) is 10.3. The molecule has 1 aliphatic heterocycles. The van der Waals surface area contributed by atoms with Crippen LogP contribution >= 0.6 is 0 Å². The van der Waals surface area contributed by atoms with Crippen LogP contribution in [0.2, 0.25) is 0 Å². The van der Waals surface area contributed by atoms with Gasteiger partial charge in [-0.2, -0.15) is 0 Å². The Kier molecular flexibility index (Phi) is 4.35. The lowest BCUT2D eigenvalue weighted by atomic mass is 9.95. The Bertz CT molecular complexity index is 148. The van der Waals surface area contributed by atoms with Gasteiger partial charge in [0.15, 0.2) is 12.6 Å². The fraction of sp³-hybridized carbons (Fsp3) is 0.889. The first-order valence-corrected chi connectivity index (χ1v) is 4.44. The second-order valence-corrected chi connectivity index (χ2v) is 3.21. The number of rotatable bonds is 4. The van der Waals surface area contributed by atoms with Gasteiger partial charge in [-0.25, -0.2) is 0 Å². The minimum Gasteiger partial charge on any atom is -0.356 e. The lowest BCUT2D eigenvalue weighted by molar-refractivity contribution is -0.262. The van der Waals surface area contributed by atoms with Gasteiger partial charge in [-0.05, 0) is 5.92 Å². The topological polar surface area (TPSA) is 44.8 Å². The fourth-order valence-corrected chi connectivity index (χ4v) is 1.55. The van der Waals surface area contributed by atoms with Gasteiger partial charge in [-0.1, -0.05) is 0 Å². The van der Waals surface area contributed by atoms with Crippen LogP contribution in [0.4, 0.5) is 0 Å². The minimum atomic E-state index is -0.233. The molecular weight excluding hydrogens is 172 g/mol. The molecule has 0 saturated carbocycles. The highest BCUT2D eigenvalue weighted by Gasteiger charge is 2.28. The summed E-state index contributed by atoms with van der Waals surface area (Å²) in [5.74, 6) is 0.321. The van der Waals surface area contributed by atoms with Gasteiger partial charge in [-0.15, -0.1) is 0 Å². The minimum absolute atomic E-state index is 0.233. The van der Waals surface area contributed by atoms with Crippen LogP contribution in [0.15, 0.2) is 0 Å². The van der Waals surface area contributed by atoms with E-state index >= 15 is 0 Å². The number of aldehydes is 1. The summed E-state index contributed by atoms with van der Waals surface area (Å²) < 4.78 is 15.6. The van der Waals surface area contributed by atoms with Crippen molar-refractivity contribution in [3.05, 3.63) is 0 Å². The predicted molar refractivity (Wildman–Crippen MR) is 46.1 cm³/mol. The molecule has 0 unspecified atom stereocenters. The molecule has 1 rings (SSSR count). The lowest BCUT2D eigenvalue weighted by Gasteiger charge is -2.32. The predicted octanol–water partition coefficient (Wildman–Crippen LogP) is 0.947. The van der Waals surface area contributed by atoms with E-state index in [1.165, 1.54) is 0 Å². The van der Waals surface area contributed by atoms with Crippen molar-refractivity contribution in [2.75, 3.05) is 14.2 Å². The van der Waals surface area contributed by atoms with Crippen molar-refractivity contribution in [1.82, 2.24) is 0 Å². The molecule has 1 saturated heterocycles. The third-order valence-corrected chi connectivity index (χ3v) is 2.31. The van der Waals surface area contributed by atoms with Crippen molar-refractivity contribution >= 4 is 6.29 Å². The van der Waals surface area contributed by atoms with E-state index in [-0.39, 0.29) is 12.6 Å². The maximum Gasteiger partial charge on any atom is 0.160 e. The Hall–Kier alpha value is -0.450. The van der Waals surface area contributed by atoms with Crippen LogP contribution in [0, 0.1) is 5.92 Å². The summed E-state index contributed by atoms with van der Waals surface area (Å²) >= 11 is 0. The first kappa shape index (κ1) is 10.6. The molecule has 76 valence electrons. The zero-order chi connectivity index (χ0) is 9.68. The molecule has 0 amide bonds.